The largest absolute Gasteiger partial charge is 0.508 e. The standard InChI is InChI=1S/C15H12O6/c16-10-4-1-8(2-5-10)7-9-3-6-11(17)13(15(20)21)12(9)14(18)19/h1-6,16-17H,7H2,(H,18,19)(H,20,21). The van der Waals surface area contributed by atoms with Crippen molar-refractivity contribution in [2.45, 2.75) is 6.42 Å². The van der Waals surface area contributed by atoms with E-state index in [4.69, 9.17) is 5.11 Å². The molecule has 0 aliphatic carbocycles. The molecule has 0 saturated heterocycles. The molecule has 0 amide bonds. The summed E-state index contributed by atoms with van der Waals surface area (Å²) in [6.07, 6.45) is 0.169. The third-order valence-corrected chi connectivity index (χ3v) is 3.03. The van der Waals surface area contributed by atoms with Crippen molar-refractivity contribution in [2.24, 2.45) is 0 Å². The second kappa shape index (κ2) is 5.54. The molecule has 2 rings (SSSR count). The Bertz CT molecular complexity index is 703. The van der Waals surface area contributed by atoms with Crippen molar-refractivity contribution in [2.75, 3.05) is 0 Å². The Balaban J connectivity index is 2.53. The molecule has 0 unspecified atom stereocenters. The summed E-state index contributed by atoms with van der Waals surface area (Å²) in [5, 5.41) is 37.1. The highest BCUT2D eigenvalue weighted by molar-refractivity contribution is 6.04. The predicted molar refractivity (Wildman–Crippen MR) is 72.9 cm³/mol. The molecule has 0 aromatic heterocycles. The minimum absolute atomic E-state index is 0.0779. The second-order valence-corrected chi connectivity index (χ2v) is 4.45. The van der Waals surface area contributed by atoms with Gasteiger partial charge in [-0.25, -0.2) is 9.59 Å². The highest BCUT2D eigenvalue weighted by Gasteiger charge is 2.24. The van der Waals surface area contributed by atoms with Crippen LogP contribution in [-0.4, -0.2) is 32.4 Å². The number of benzene rings is 2. The topological polar surface area (TPSA) is 115 Å². The summed E-state index contributed by atoms with van der Waals surface area (Å²) in [5.41, 5.74) is -0.0879. The molecule has 21 heavy (non-hydrogen) atoms. The molecule has 0 spiro atoms. The van der Waals surface area contributed by atoms with Crippen LogP contribution in [0.4, 0.5) is 0 Å². The molecule has 2 aromatic rings. The van der Waals surface area contributed by atoms with E-state index in [1.807, 2.05) is 0 Å². The van der Waals surface area contributed by atoms with E-state index in [-0.39, 0.29) is 17.7 Å². The van der Waals surface area contributed by atoms with Crippen molar-refractivity contribution >= 4 is 11.9 Å². The highest BCUT2D eigenvalue weighted by Crippen LogP contribution is 2.27. The first-order chi connectivity index (χ1) is 9.90. The predicted octanol–water partition coefficient (Wildman–Crippen LogP) is 2.08. The number of rotatable bonds is 4. The maximum Gasteiger partial charge on any atom is 0.340 e. The van der Waals surface area contributed by atoms with E-state index in [0.717, 1.165) is 6.07 Å². The van der Waals surface area contributed by atoms with Gasteiger partial charge in [0.15, 0.2) is 0 Å². The van der Waals surface area contributed by atoms with Crippen LogP contribution >= 0.6 is 0 Å². The van der Waals surface area contributed by atoms with E-state index in [1.165, 1.54) is 18.2 Å². The number of carboxylic acids is 2. The van der Waals surface area contributed by atoms with Gasteiger partial charge in [-0.2, -0.15) is 0 Å². The number of carbonyl (C=O) groups is 2. The van der Waals surface area contributed by atoms with Crippen molar-refractivity contribution in [3.8, 4) is 11.5 Å². The van der Waals surface area contributed by atoms with E-state index in [1.54, 1.807) is 12.1 Å². The fourth-order valence-electron chi connectivity index (χ4n) is 2.08. The number of hydrogen-bond acceptors (Lipinski definition) is 4. The van der Waals surface area contributed by atoms with Gasteiger partial charge in [0.1, 0.15) is 17.1 Å². The molecule has 6 nitrogen and oxygen atoms in total. The molecule has 0 saturated carbocycles. The van der Waals surface area contributed by atoms with Crippen LogP contribution in [0.3, 0.4) is 0 Å². The van der Waals surface area contributed by atoms with Crippen LogP contribution in [0.25, 0.3) is 0 Å². The Morgan fingerprint density at radius 3 is 1.90 bits per heavy atom. The van der Waals surface area contributed by atoms with Crippen LogP contribution in [0.2, 0.25) is 0 Å². The van der Waals surface area contributed by atoms with Crippen molar-refractivity contribution in [3.05, 3.63) is 58.7 Å². The molecule has 0 radical (unpaired) electrons. The molecule has 108 valence electrons. The zero-order valence-electron chi connectivity index (χ0n) is 10.8. The summed E-state index contributed by atoms with van der Waals surface area (Å²) in [5.74, 6) is -3.43. The normalized spacial score (nSPS) is 10.3. The Morgan fingerprint density at radius 1 is 0.810 bits per heavy atom. The van der Waals surface area contributed by atoms with E-state index < -0.39 is 28.8 Å². The summed E-state index contributed by atoms with van der Waals surface area (Å²) in [6, 6.07) is 8.65. The van der Waals surface area contributed by atoms with Gasteiger partial charge in [0.2, 0.25) is 0 Å². The molecule has 2 aromatic carbocycles. The lowest BCUT2D eigenvalue weighted by atomic mass is 9.95. The Labute approximate surface area is 119 Å². The summed E-state index contributed by atoms with van der Waals surface area (Å²) >= 11 is 0. The Morgan fingerprint density at radius 2 is 1.38 bits per heavy atom. The highest BCUT2D eigenvalue weighted by atomic mass is 16.4. The van der Waals surface area contributed by atoms with E-state index in [0.29, 0.717) is 5.56 Å². The van der Waals surface area contributed by atoms with Gasteiger partial charge < -0.3 is 20.4 Å². The van der Waals surface area contributed by atoms with Crippen LogP contribution in [0.5, 0.6) is 11.5 Å². The molecule has 4 N–H and O–H groups in total. The van der Waals surface area contributed by atoms with Gasteiger partial charge in [-0.1, -0.05) is 18.2 Å². The average Bonchev–Trinajstić information content (AvgIpc) is 2.42. The maximum absolute atomic E-state index is 11.3. The monoisotopic (exact) mass is 288 g/mol. The number of hydrogen-bond donors (Lipinski definition) is 4. The van der Waals surface area contributed by atoms with E-state index in [9.17, 15) is 24.9 Å². The van der Waals surface area contributed by atoms with Crippen molar-refractivity contribution in [3.63, 3.8) is 0 Å². The second-order valence-electron chi connectivity index (χ2n) is 4.45. The number of aromatic carboxylic acids is 2. The summed E-state index contributed by atoms with van der Waals surface area (Å²) < 4.78 is 0. The van der Waals surface area contributed by atoms with Gasteiger partial charge in [0, 0.05) is 0 Å². The van der Waals surface area contributed by atoms with Gasteiger partial charge in [-0.3, -0.25) is 0 Å². The van der Waals surface area contributed by atoms with Crippen LogP contribution in [0, 0.1) is 0 Å². The molecule has 0 aliphatic heterocycles. The lowest BCUT2D eigenvalue weighted by Crippen LogP contribution is -2.12. The van der Waals surface area contributed by atoms with Crippen LogP contribution < -0.4 is 0 Å². The van der Waals surface area contributed by atoms with Gasteiger partial charge in [0.05, 0.1) is 5.56 Å². The Kier molecular flexibility index (Phi) is 3.80. The van der Waals surface area contributed by atoms with E-state index in [2.05, 4.69) is 0 Å². The fourth-order valence-corrected chi connectivity index (χ4v) is 2.08. The molecule has 0 heterocycles. The number of phenols is 2. The number of phenolic OH excluding ortho intramolecular Hbond substituents is 1. The van der Waals surface area contributed by atoms with Gasteiger partial charge in [0.25, 0.3) is 0 Å². The van der Waals surface area contributed by atoms with Crippen molar-refractivity contribution in [1.29, 1.82) is 0 Å². The number of carboxylic acid groups (broad SMARTS) is 2. The smallest absolute Gasteiger partial charge is 0.340 e. The van der Waals surface area contributed by atoms with Crippen LogP contribution in [0.15, 0.2) is 36.4 Å². The number of aromatic hydroxyl groups is 2. The molecule has 0 fully saturated rings. The van der Waals surface area contributed by atoms with Crippen LogP contribution in [0.1, 0.15) is 31.8 Å². The molecule has 0 atom stereocenters. The first-order valence-corrected chi connectivity index (χ1v) is 5.99. The lowest BCUT2D eigenvalue weighted by Gasteiger charge is -2.11. The molecule has 0 aliphatic rings. The SMILES string of the molecule is O=C(O)c1c(O)ccc(Cc2ccc(O)cc2)c1C(=O)O. The first-order valence-electron chi connectivity index (χ1n) is 5.99. The quantitative estimate of drug-likeness (QED) is 0.684. The third kappa shape index (κ3) is 2.94. The minimum Gasteiger partial charge on any atom is -0.508 e. The van der Waals surface area contributed by atoms with Crippen molar-refractivity contribution in [1.82, 2.24) is 0 Å². The fraction of sp³-hybridized carbons (Fsp3) is 0.0667. The molecule has 6 heteroatoms. The zero-order valence-corrected chi connectivity index (χ0v) is 10.8. The van der Waals surface area contributed by atoms with Gasteiger partial charge in [-0.05, 0) is 35.7 Å². The average molecular weight is 288 g/mol. The zero-order chi connectivity index (χ0) is 15.6. The minimum atomic E-state index is -1.50. The molecular weight excluding hydrogens is 276 g/mol. The third-order valence-electron chi connectivity index (χ3n) is 3.03. The van der Waals surface area contributed by atoms with Crippen molar-refractivity contribution < 1.29 is 30.0 Å². The molecule has 0 bridgehead atoms. The van der Waals surface area contributed by atoms with Gasteiger partial charge in [-0.15, -0.1) is 0 Å². The maximum atomic E-state index is 11.3. The lowest BCUT2D eigenvalue weighted by molar-refractivity contribution is 0.0647. The van der Waals surface area contributed by atoms with Gasteiger partial charge >= 0.3 is 11.9 Å². The summed E-state index contributed by atoms with van der Waals surface area (Å²) in [6.45, 7) is 0. The Hall–Kier alpha value is -3.02. The summed E-state index contributed by atoms with van der Waals surface area (Å²) in [7, 11) is 0. The molecular formula is C15H12O6. The van der Waals surface area contributed by atoms with E-state index >= 15 is 0 Å². The van der Waals surface area contributed by atoms with Crippen LogP contribution in [-0.2, 0) is 6.42 Å². The first kappa shape index (κ1) is 14.4. The summed E-state index contributed by atoms with van der Waals surface area (Å²) in [4.78, 5) is 22.5.